The largest absolute Gasteiger partial charge is 0.326 e. The van der Waals surface area contributed by atoms with Gasteiger partial charge in [0.1, 0.15) is 0 Å². The van der Waals surface area contributed by atoms with Crippen LogP contribution in [0.5, 0.6) is 0 Å². The van der Waals surface area contributed by atoms with E-state index in [1.54, 1.807) is 12.1 Å². The van der Waals surface area contributed by atoms with Crippen molar-refractivity contribution in [2.24, 2.45) is 0 Å². The zero-order chi connectivity index (χ0) is 15.5. The summed E-state index contributed by atoms with van der Waals surface area (Å²) in [5.74, 6) is 0. The van der Waals surface area contributed by atoms with Crippen molar-refractivity contribution in [2.75, 3.05) is 16.8 Å². The lowest BCUT2D eigenvalue weighted by molar-refractivity contribution is 0.256. The Balaban J connectivity index is 1.83. The van der Waals surface area contributed by atoms with Crippen LogP contribution in [0.2, 0.25) is 5.02 Å². The van der Waals surface area contributed by atoms with Crippen LogP contribution >= 0.6 is 23.4 Å². The second kappa shape index (κ2) is 6.63. The highest BCUT2D eigenvalue weighted by atomic mass is 35.5. The van der Waals surface area contributed by atoms with Crippen LogP contribution in [0.4, 0.5) is 16.2 Å². The molecule has 5 heteroatoms. The summed E-state index contributed by atoms with van der Waals surface area (Å²) in [5, 5.41) is 4.02. The highest BCUT2D eigenvalue weighted by Crippen LogP contribution is 2.39. The summed E-state index contributed by atoms with van der Waals surface area (Å²) in [6.07, 6.45) is 1.03. The number of benzene rings is 2. The minimum atomic E-state index is -0.103. The molecule has 0 bridgehead atoms. The smallest absolute Gasteiger partial charge is 0.308 e. The molecule has 0 radical (unpaired) electrons. The molecule has 2 amide bonds. The van der Waals surface area contributed by atoms with Gasteiger partial charge in [-0.05, 0) is 42.8 Å². The van der Waals surface area contributed by atoms with Crippen molar-refractivity contribution in [1.29, 1.82) is 0 Å². The number of para-hydroxylation sites is 1. The van der Waals surface area contributed by atoms with E-state index in [-0.39, 0.29) is 6.03 Å². The van der Waals surface area contributed by atoms with Crippen molar-refractivity contribution in [3.8, 4) is 0 Å². The van der Waals surface area contributed by atoms with E-state index in [1.165, 1.54) is 0 Å². The van der Waals surface area contributed by atoms with Gasteiger partial charge in [-0.25, -0.2) is 4.79 Å². The third kappa shape index (κ3) is 3.23. The molecule has 1 atom stereocenters. The standard InChI is InChI=1S/C17H17ClN2OS/c1-2-14-11-20(15-5-3-4-6-16(15)22-14)17(21)19-13-9-7-12(18)8-10-13/h3-10,14H,2,11H2,1H3,(H,19,21)/t14-/m1/s1. The van der Waals surface area contributed by atoms with Crippen molar-refractivity contribution < 1.29 is 4.79 Å². The number of urea groups is 1. The number of fused-ring (bicyclic) bond motifs is 1. The Morgan fingerprint density at radius 3 is 2.73 bits per heavy atom. The Morgan fingerprint density at radius 2 is 2.00 bits per heavy atom. The summed E-state index contributed by atoms with van der Waals surface area (Å²) in [4.78, 5) is 15.6. The molecule has 0 saturated heterocycles. The van der Waals surface area contributed by atoms with Gasteiger partial charge in [0.05, 0.1) is 5.69 Å². The van der Waals surface area contributed by atoms with Gasteiger partial charge in [-0.1, -0.05) is 30.7 Å². The predicted octanol–water partition coefficient (Wildman–Crippen LogP) is 5.26. The quantitative estimate of drug-likeness (QED) is 0.813. The zero-order valence-corrected chi connectivity index (χ0v) is 13.8. The van der Waals surface area contributed by atoms with E-state index in [1.807, 2.05) is 47.0 Å². The number of rotatable bonds is 2. The molecule has 0 unspecified atom stereocenters. The first-order valence-electron chi connectivity index (χ1n) is 7.27. The fourth-order valence-electron chi connectivity index (χ4n) is 2.43. The van der Waals surface area contributed by atoms with E-state index >= 15 is 0 Å². The molecule has 2 aromatic rings. The van der Waals surface area contributed by atoms with E-state index in [0.29, 0.717) is 10.3 Å². The first-order valence-corrected chi connectivity index (χ1v) is 8.53. The second-order valence-electron chi connectivity index (χ2n) is 5.16. The van der Waals surface area contributed by atoms with Crippen LogP contribution in [0.15, 0.2) is 53.4 Å². The number of carbonyl (C=O) groups is 1. The van der Waals surface area contributed by atoms with Crippen molar-refractivity contribution in [3.63, 3.8) is 0 Å². The minimum Gasteiger partial charge on any atom is -0.308 e. The van der Waals surface area contributed by atoms with Gasteiger partial charge in [-0.2, -0.15) is 0 Å². The highest BCUT2D eigenvalue weighted by molar-refractivity contribution is 8.00. The Bertz CT molecular complexity index is 675. The number of nitrogens with zero attached hydrogens (tertiary/aromatic N) is 1. The van der Waals surface area contributed by atoms with Crippen LogP contribution < -0.4 is 10.2 Å². The summed E-state index contributed by atoms with van der Waals surface area (Å²) in [6.45, 7) is 2.87. The second-order valence-corrected chi connectivity index (χ2v) is 6.94. The van der Waals surface area contributed by atoms with Crippen LogP contribution in [0.1, 0.15) is 13.3 Å². The molecular formula is C17H17ClN2OS. The fraction of sp³-hybridized carbons (Fsp3) is 0.235. The number of anilines is 2. The molecule has 1 N–H and O–H groups in total. The van der Waals surface area contributed by atoms with Crippen molar-refractivity contribution >= 4 is 40.8 Å². The van der Waals surface area contributed by atoms with E-state index in [0.717, 1.165) is 29.2 Å². The molecule has 0 spiro atoms. The van der Waals surface area contributed by atoms with Gasteiger partial charge in [0.15, 0.2) is 0 Å². The number of carbonyl (C=O) groups excluding carboxylic acids is 1. The van der Waals surface area contributed by atoms with Crippen LogP contribution in [-0.2, 0) is 0 Å². The number of halogens is 1. The summed E-state index contributed by atoms with van der Waals surface area (Å²) < 4.78 is 0. The van der Waals surface area contributed by atoms with Crippen LogP contribution in [0.3, 0.4) is 0 Å². The van der Waals surface area contributed by atoms with E-state index in [4.69, 9.17) is 11.6 Å². The maximum absolute atomic E-state index is 12.6. The summed E-state index contributed by atoms with van der Waals surface area (Å²) in [7, 11) is 0. The van der Waals surface area contributed by atoms with E-state index < -0.39 is 0 Å². The molecule has 0 aromatic heterocycles. The van der Waals surface area contributed by atoms with E-state index in [2.05, 4.69) is 18.3 Å². The van der Waals surface area contributed by atoms with Crippen LogP contribution in [0, 0.1) is 0 Å². The maximum atomic E-state index is 12.6. The van der Waals surface area contributed by atoms with Crippen LogP contribution in [0.25, 0.3) is 0 Å². The Hall–Kier alpha value is -1.65. The molecule has 3 nitrogen and oxygen atoms in total. The molecule has 1 aliphatic rings. The average Bonchev–Trinajstić information content (AvgIpc) is 2.55. The van der Waals surface area contributed by atoms with Gasteiger partial charge in [0.2, 0.25) is 0 Å². The number of hydrogen-bond donors (Lipinski definition) is 1. The molecule has 3 rings (SSSR count). The third-order valence-corrected chi connectivity index (χ3v) is 5.30. The summed E-state index contributed by atoms with van der Waals surface area (Å²) in [5.41, 5.74) is 1.72. The maximum Gasteiger partial charge on any atom is 0.326 e. The number of hydrogen-bond acceptors (Lipinski definition) is 2. The fourth-order valence-corrected chi connectivity index (χ4v) is 3.76. The van der Waals surface area contributed by atoms with Crippen molar-refractivity contribution in [2.45, 2.75) is 23.5 Å². The predicted molar refractivity (Wildman–Crippen MR) is 94.2 cm³/mol. The number of thioether (sulfide) groups is 1. The van der Waals surface area contributed by atoms with Crippen molar-refractivity contribution in [1.82, 2.24) is 0 Å². The van der Waals surface area contributed by atoms with Crippen LogP contribution in [-0.4, -0.2) is 17.8 Å². The van der Waals surface area contributed by atoms with Gasteiger partial charge in [-0.3, -0.25) is 4.90 Å². The van der Waals surface area contributed by atoms with Gasteiger partial charge in [0.25, 0.3) is 0 Å². The van der Waals surface area contributed by atoms with E-state index in [9.17, 15) is 4.79 Å². The molecule has 1 aliphatic heterocycles. The van der Waals surface area contributed by atoms with Gasteiger partial charge in [0, 0.05) is 27.4 Å². The Kier molecular flexibility index (Phi) is 4.60. The number of amides is 2. The molecule has 0 fully saturated rings. The Morgan fingerprint density at radius 1 is 1.27 bits per heavy atom. The van der Waals surface area contributed by atoms with Gasteiger partial charge < -0.3 is 5.32 Å². The lowest BCUT2D eigenvalue weighted by Gasteiger charge is -2.33. The molecule has 0 saturated carbocycles. The molecule has 0 aliphatic carbocycles. The SMILES string of the molecule is CC[C@@H]1CN(C(=O)Nc2ccc(Cl)cc2)c2ccccc2S1. The number of nitrogens with one attached hydrogen (secondary N) is 1. The molecule has 1 heterocycles. The lowest BCUT2D eigenvalue weighted by atomic mass is 10.2. The summed E-state index contributed by atoms with van der Waals surface area (Å²) in [6, 6.07) is 15.1. The van der Waals surface area contributed by atoms with Gasteiger partial charge >= 0.3 is 6.03 Å². The minimum absolute atomic E-state index is 0.103. The molecule has 22 heavy (non-hydrogen) atoms. The molecule has 2 aromatic carbocycles. The normalized spacial score (nSPS) is 17.0. The summed E-state index contributed by atoms with van der Waals surface area (Å²) >= 11 is 7.72. The highest BCUT2D eigenvalue weighted by Gasteiger charge is 2.28. The first kappa shape index (κ1) is 15.3. The third-order valence-electron chi connectivity index (χ3n) is 3.63. The topological polar surface area (TPSA) is 32.3 Å². The average molecular weight is 333 g/mol. The molecule has 114 valence electrons. The first-order chi connectivity index (χ1) is 10.7. The monoisotopic (exact) mass is 332 g/mol. The van der Waals surface area contributed by atoms with Crippen molar-refractivity contribution in [3.05, 3.63) is 53.6 Å². The van der Waals surface area contributed by atoms with Gasteiger partial charge in [-0.15, -0.1) is 11.8 Å². The zero-order valence-electron chi connectivity index (χ0n) is 12.3. The Labute approximate surface area is 139 Å². The molecular weight excluding hydrogens is 316 g/mol. The lowest BCUT2D eigenvalue weighted by Crippen LogP contribution is -2.41.